The predicted octanol–water partition coefficient (Wildman–Crippen LogP) is 4.10. The number of rotatable bonds is 5. The minimum absolute atomic E-state index is 0.0931. The summed E-state index contributed by atoms with van der Waals surface area (Å²) >= 11 is 6.17. The second kappa shape index (κ2) is 8.41. The van der Waals surface area contributed by atoms with Crippen LogP contribution in [0.1, 0.15) is 43.6 Å². The van der Waals surface area contributed by atoms with E-state index in [4.69, 9.17) is 16.3 Å². The van der Waals surface area contributed by atoms with E-state index < -0.39 is 0 Å². The molecule has 0 bridgehead atoms. The fourth-order valence-corrected chi connectivity index (χ4v) is 3.57. The van der Waals surface area contributed by atoms with Gasteiger partial charge in [0.2, 0.25) is 5.56 Å². The lowest BCUT2D eigenvalue weighted by Gasteiger charge is -2.24. The maximum absolute atomic E-state index is 12.2. The van der Waals surface area contributed by atoms with E-state index in [2.05, 4.69) is 5.32 Å². The number of hydrogen-bond acceptors (Lipinski definition) is 3. The molecule has 2 aromatic rings. The van der Waals surface area contributed by atoms with Crippen LogP contribution in [0.15, 0.2) is 41.3 Å². The summed E-state index contributed by atoms with van der Waals surface area (Å²) < 4.78 is 7.21. The number of nitrogens with one attached hydrogen (secondary N) is 1. The molecule has 0 saturated heterocycles. The van der Waals surface area contributed by atoms with Gasteiger partial charge in [-0.1, -0.05) is 30.9 Å². The molecule has 138 valence electrons. The number of benzene rings is 1. The molecule has 3 rings (SSSR count). The van der Waals surface area contributed by atoms with Crippen molar-refractivity contribution in [3.05, 3.63) is 57.5 Å². The fraction of sp³-hybridized carbons (Fsp3) is 0.400. The third kappa shape index (κ3) is 4.67. The molecule has 1 N–H and O–H groups in total. The van der Waals surface area contributed by atoms with Crippen molar-refractivity contribution in [3.63, 3.8) is 0 Å². The Hall–Kier alpha value is -2.27. The standard InChI is InChI=1S/C20H23ClN2O3/c1-23-12-16(8-10-20(23)25)22-19(24)13-26-18-9-7-15(21)11-17(18)14-5-3-2-4-6-14/h7-12,14H,2-6,13H2,1H3,(H,22,24). The van der Waals surface area contributed by atoms with E-state index in [9.17, 15) is 9.59 Å². The predicted molar refractivity (Wildman–Crippen MR) is 103 cm³/mol. The molecule has 0 unspecified atom stereocenters. The van der Waals surface area contributed by atoms with Crippen molar-refractivity contribution < 1.29 is 9.53 Å². The Morgan fingerprint density at radius 3 is 2.73 bits per heavy atom. The summed E-state index contributed by atoms with van der Waals surface area (Å²) in [5, 5.41) is 3.43. The van der Waals surface area contributed by atoms with Gasteiger partial charge in [0, 0.05) is 24.3 Å². The topological polar surface area (TPSA) is 60.3 Å². The van der Waals surface area contributed by atoms with E-state index in [1.54, 1.807) is 25.4 Å². The SMILES string of the molecule is Cn1cc(NC(=O)COc2ccc(Cl)cc2C2CCCCC2)ccc1=O. The molecular weight excluding hydrogens is 352 g/mol. The highest BCUT2D eigenvalue weighted by atomic mass is 35.5. The van der Waals surface area contributed by atoms with Gasteiger partial charge in [-0.15, -0.1) is 0 Å². The molecule has 6 heteroatoms. The van der Waals surface area contributed by atoms with Crippen molar-refractivity contribution in [1.29, 1.82) is 0 Å². The average molecular weight is 375 g/mol. The van der Waals surface area contributed by atoms with E-state index in [1.165, 1.54) is 29.9 Å². The van der Waals surface area contributed by atoms with E-state index in [0.29, 0.717) is 16.6 Å². The number of carbonyl (C=O) groups is 1. The molecule has 26 heavy (non-hydrogen) atoms. The maximum Gasteiger partial charge on any atom is 0.262 e. The van der Waals surface area contributed by atoms with Crippen molar-refractivity contribution >= 4 is 23.2 Å². The first kappa shape index (κ1) is 18.5. The smallest absolute Gasteiger partial charge is 0.262 e. The molecule has 0 radical (unpaired) electrons. The monoisotopic (exact) mass is 374 g/mol. The second-order valence-electron chi connectivity index (χ2n) is 6.72. The Morgan fingerprint density at radius 1 is 1.23 bits per heavy atom. The summed E-state index contributed by atoms with van der Waals surface area (Å²) in [6, 6.07) is 8.57. The van der Waals surface area contributed by atoms with Crippen LogP contribution in [-0.2, 0) is 11.8 Å². The number of aryl methyl sites for hydroxylation is 1. The van der Waals surface area contributed by atoms with Gasteiger partial charge in [0.1, 0.15) is 5.75 Å². The van der Waals surface area contributed by atoms with Crippen molar-refractivity contribution in [1.82, 2.24) is 4.57 Å². The molecule has 0 aliphatic heterocycles. The largest absolute Gasteiger partial charge is 0.483 e. The number of aromatic nitrogens is 1. The Balaban J connectivity index is 1.65. The van der Waals surface area contributed by atoms with E-state index in [0.717, 1.165) is 24.2 Å². The average Bonchev–Trinajstić information content (AvgIpc) is 2.64. The highest BCUT2D eigenvalue weighted by Gasteiger charge is 2.20. The number of hydrogen-bond donors (Lipinski definition) is 1. The van der Waals surface area contributed by atoms with Crippen molar-refractivity contribution in [2.45, 2.75) is 38.0 Å². The number of anilines is 1. The van der Waals surface area contributed by atoms with Crippen LogP contribution in [0, 0.1) is 0 Å². The van der Waals surface area contributed by atoms with Crippen LogP contribution >= 0.6 is 11.6 Å². The van der Waals surface area contributed by atoms with Gasteiger partial charge in [-0.3, -0.25) is 9.59 Å². The van der Waals surface area contributed by atoms with Crippen LogP contribution in [0.2, 0.25) is 5.02 Å². The van der Waals surface area contributed by atoms with Gasteiger partial charge in [0.15, 0.2) is 6.61 Å². The maximum atomic E-state index is 12.2. The number of nitrogens with zero attached hydrogens (tertiary/aromatic N) is 1. The lowest BCUT2D eigenvalue weighted by Crippen LogP contribution is -2.22. The molecule has 1 aromatic heterocycles. The van der Waals surface area contributed by atoms with Gasteiger partial charge in [0.25, 0.3) is 5.91 Å². The van der Waals surface area contributed by atoms with Crippen molar-refractivity contribution in [3.8, 4) is 5.75 Å². The number of pyridine rings is 1. The van der Waals surface area contributed by atoms with Gasteiger partial charge >= 0.3 is 0 Å². The molecule has 1 aromatic carbocycles. The summed E-state index contributed by atoms with van der Waals surface area (Å²) in [6.45, 7) is -0.0931. The Labute approximate surface area is 157 Å². The first-order valence-electron chi connectivity index (χ1n) is 8.92. The third-order valence-electron chi connectivity index (χ3n) is 4.75. The summed E-state index contributed by atoms with van der Waals surface area (Å²) in [7, 11) is 1.64. The number of ether oxygens (including phenoxy) is 1. The zero-order chi connectivity index (χ0) is 18.5. The minimum atomic E-state index is -0.270. The quantitative estimate of drug-likeness (QED) is 0.856. The summed E-state index contributed by atoms with van der Waals surface area (Å²) in [5.41, 5.74) is 1.52. The van der Waals surface area contributed by atoms with Gasteiger partial charge in [-0.05, 0) is 48.6 Å². The van der Waals surface area contributed by atoms with Crippen LogP contribution in [0.3, 0.4) is 0 Å². The molecule has 5 nitrogen and oxygen atoms in total. The lowest BCUT2D eigenvalue weighted by molar-refractivity contribution is -0.118. The van der Waals surface area contributed by atoms with Crippen LogP contribution in [-0.4, -0.2) is 17.1 Å². The molecule has 1 saturated carbocycles. The number of carbonyl (C=O) groups excluding carboxylic acids is 1. The molecule has 1 aliphatic carbocycles. The van der Waals surface area contributed by atoms with Crippen LogP contribution < -0.4 is 15.6 Å². The van der Waals surface area contributed by atoms with Gasteiger partial charge in [0.05, 0.1) is 5.69 Å². The van der Waals surface area contributed by atoms with Crippen molar-refractivity contribution in [2.75, 3.05) is 11.9 Å². The Morgan fingerprint density at radius 2 is 2.00 bits per heavy atom. The summed E-state index contributed by atoms with van der Waals surface area (Å²) in [6.07, 6.45) is 7.53. The molecule has 1 amide bonds. The molecule has 1 heterocycles. The van der Waals surface area contributed by atoms with Crippen molar-refractivity contribution in [2.24, 2.45) is 7.05 Å². The zero-order valence-electron chi connectivity index (χ0n) is 14.8. The lowest BCUT2D eigenvalue weighted by atomic mass is 9.84. The zero-order valence-corrected chi connectivity index (χ0v) is 15.6. The first-order chi connectivity index (χ1) is 12.5. The highest BCUT2D eigenvalue weighted by molar-refractivity contribution is 6.30. The third-order valence-corrected chi connectivity index (χ3v) is 4.98. The van der Waals surface area contributed by atoms with Crippen LogP contribution in [0.25, 0.3) is 0 Å². The number of halogens is 1. The summed E-state index contributed by atoms with van der Waals surface area (Å²) in [4.78, 5) is 23.6. The minimum Gasteiger partial charge on any atom is -0.483 e. The van der Waals surface area contributed by atoms with E-state index >= 15 is 0 Å². The normalized spacial score (nSPS) is 14.8. The van der Waals surface area contributed by atoms with Crippen LogP contribution in [0.5, 0.6) is 5.75 Å². The summed E-state index contributed by atoms with van der Waals surface area (Å²) in [5.74, 6) is 0.884. The molecule has 1 aliphatic rings. The van der Waals surface area contributed by atoms with E-state index in [-0.39, 0.29) is 18.1 Å². The van der Waals surface area contributed by atoms with E-state index in [1.807, 2.05) is 12.1 Å². The Bertz CT molecular complexity index is 841. The number of amides is 1. The first-order valence-corrected chi connectivity index (χ1v) is 9.29. The molecule has 0 spiro atoms. The van der Waals surface area contributed by atoms with Gasteiger partial charge in [-0.25, -0.2) is 0 Å². The van der Waals surface area contributed by atoms with Gasteiger partial charge in [-0.2, -0.15) is 0 Å². The van der Waals surface area contributed by atoms with Gasteiger partial charge < -0.3 is 14.6 Å². The fourth-order valence-electron chi connectivity index (χ4n) is 3.39. The Kier molecular flexibility index (Phi) is 5.99. The molecule has 1 fully saturated rings. The highest BCUT2D eigenvalue weighted by Crippen LogP contribution is 2.38. The molecule has 0 atom stereocenters. The second-order valence-corrected chi connectivity index (χ2v) is 7.16. The van der Waals surface area contributed by atoms with Crippen LogP contribution in [0.4, 0.5) is 5.69 Å². The molecular formula is C20H23ClN2O3.